The Hall–Kier alpha value is -2.43. The first-order valence-electron chi connectivity index (χ1n) is 9.25. The minimum absolute atomic E-state index is 0.0357. The monoisotopic (exact) mass is 444 g/mol. The number of nitrogens with one attached hydrogen (secondary N) is 2. The first kappa shape index (κ1) is 23.8. The van der Waals surface area contributed by atoms with Crippen molar-refractivity contribution in [1.29, 1.82) is 0 Å². The van der Waals surface area contributed by atoms with Crippen LogP contribution in [0.15, 0.2) is 53.4 Å². The molecule has 0 unspecified atom stereocenters. The third-order valence-electron chi connectivity index (χ3n) is 3.98. The van der Waals surface area contributed by atoms with Crippen molar-refractivity contribution >= 4 is 21.6 Å². The highest BCUT2D eigenvalue weighted by Crippen LogP contribution is 2.18. The number of anilines is 1. The molecule has 0 aromatic heterocycles. The Morgan fingerprint density at radius 3 is 2.43 bits per heavy atom. The molecular weight excluding hydrogens is 421 g/mol. The number of hydrogen-bond donors (Lipinski definition) is 2. The molecule has 2 aromatic rings. The molecule has 0 atom stereocenters. The molecule has 10 heteroatoms. The molecule has 2 rings (SSSR count). The first-order chi connectivity index (χ1) is 14.1. The van der Waals surface area contributed by atoms with Crippen molar-refractivity contribution in [2.24, 2.45) is 0 Å². The van der Waals surface area contributed by atoms with Crippen LogP contribution in [0, 0.1) is 0 Å². The Morgan fingerprint density at radius 2 is 1.80 bits per heavy atom. The Bertz CT molecular complexity index is 945. The fourth-order valence-corrected chi connectivity index (χ4v) is 3.57. The summed E-state index contributed by atoms with van der Waals surface area (Å²) in [7, 11) is -3.68. The molecule has 0 radical (unpaired) electrons. The lowest BCUT2D eigenvalue weighted by atomic mass is 10.1. The van der Waals surface area contributed by atoms with Crippen LogP contribution in [0.25, 0.3) is 0 Å². The molecule has 0 spiro atoms. The summed E-state index contributed by atoms with van der Waals surface area (Å²) >= 11 is 0. The number of hydrogen-bond acceptors (Lipinski definition) is 4. The number of benzene rings is 2. The van der Waals surface area contributed by atoms with Gasteiger partial charge in [0.2, 0.25) is 10.0 Å². The van der Waals surface area contributed by atoms with E-state index in [2.05, 4.69) is 14.8 Å². The molecule has 0 saturated carbocycles. The van der Waals surface area contributed by atoms with Gasteiger partial charge in [-0.3, -0.25) is 4.79 Å². The molecule has 164 valence electrons. The number of halogens is 3. The maximum absolute atomic E-state index is 12.4. The van der Waals surface area contributed by atoms with Gasteiger partial charge < -0.3 is 10.1 Å². The maximum Gasteiger partial charge on any atom is 0.411 e. The van der Waals surface area contributed by atoms with Gasteiger partial charge in [0.1, 0.15) is 6.61 Å². The van der Waals surface area contributed by atoms with Gasteiger partial charge in [-0.05, 0) is 42.3 Å². The van der Waals surface area contributed by atoms with Crippen LogP contribution in [0.5, 0.6) is 0 Å². The van der Waals surface area contributed by atoms with Crippen molar-refractivity contribution in [2.75, 3.05) is 18.5 Å². The molecule has 0 aliphatic carbocycles. The van der Waals surface area contributed by atoms with E-state index in [4.69, 9.17) is 0 Å². The fourth-order valence-electron chi connectivity index (χ4n) is 2.45. The minimum atomic E-state index is -4.40. The summed E-state index contributed by atoms with van der Waals surface area (Å²) in [6.45, 7) is 0.704. The Labute approximate surface area is 173 Å². The van der Waals surface area contributed by atoms with Crippen LogP contribution >= 0.6 is 0 Å². The second-order valence-electron chi connectivity index (χ2n) is 6.54. The van der Waals surface area contributed by atoms with Crippen LogP contribution in [0.1, 0.15) is 35.7 Å². The molecule has 0 aliphatic heterocycles. The zero-order chi connectivity index (χ0) is 22.2. The molecule has 6 nitrogen and oxygen atoms in total. The molecule has 1 amide bonds. The van der Waals surface area contributed by atoms with Crippen LogP contribution in [0.3, 0.4) is 0 Å². The van der Waals surface area contributed by atoms with E-state index in [9.17, 15) is 26.4 Å². The summed E-state index contributed by atoms with van der Waals surface area (Å²) < 4.78 is 67.9. The number of carbonyl (C=O) groups is 1. The second kappa shape index (κ2) is 10.6. The smallest absolute Gasteiger partial charge is 0.367 e. The zero-order valence-corrected chi connectivity index (χ0v) is 17.1. The van der Waals surface area contributed by atoms with Gasteiger partial charge in [0.05, 0.1) is 11.5 Å². The van der Waals surface area contributed by atoms with Crippen LogP contribution in [-0.2, 0) is 21.4 Å². The number of sulfonamides is 1. The first-order valence-corrected chi connectivity index (χ1v) is 10.7. The summed E-state index contributed by atoms with van der Waals surface area (Å²) in [4.78, 5) is 12.4. The van der Waals surface area contributed by atoms with Crippen molar-refractivity contribution in [3.8, 4) is 0 Å². The number of carbonyl (C=O) groups excluding carboxylic acids is 1. The van der Waals surface area contributed by atoms with Crippen LogP contribution in [-0.4, -0.2) is 33.7 Å². The summed E-state index contributed by atoms with van der Waals surface area (Å²) in [5.74, 6) is -0.480. The van der Waals surface area contributed by atoms with Crippen molar-refractivity contribution < 1.29 is 31.1 Å². The third kappa shape index (κ3) is 7.77. The van der Waals surface area contributed by atoms with Crippen molar-refractivity contribution in [2.45, 2.75) is 37.4 Å². The average molecular weight is 444 g/mol. The highest BCUT2D eigenvalue weighted by molar-refractivity contribution is 7.89. The molecule has 2 aromatic carbocycles. The van der Waals surface area contributed by atoms with E-state index in [0.717, 1.165) is 6.42 Å². The van der Waals surface area contributed by atoms with Gasteiger partial charge in [-0.15, -0.1) is 0 Å². The average Bonchev–Trinajstić information content (AvgIpc) is 2.68. The minimum Gasteiger partial charge on any atom is -0.367 e. The Kier molecular flexibility index (Phi) is 8.39. The van der Waals surface area contributed by atoms with Gasteiger partial charge in [0.15, 0.2) is 0 Å². The summed E-state index contributed by atoms with van der Waals surface area (Å²) in [5, 5.41) is 2.61. The van der Waals surface area contributed by atoms with Crippen molar-refractivity contribution in [3.63, 3.8) is 0 Å². The Morgan fingerprint density at radius 1 is 1.10 bits per heavy atom. The largest absolute Gasteiger partial charge is 0.411 e. The van der Waals surface area contributed by atoms with E-state index < -0.39 is 28.7 Å². The van der Waals surface area contributed by atoms with Crippen LogP contribution < -0.4 is 10.0 Å². The van der Waals surface area contributed by atoms with Gasteiger partial charge >= 0.3 is 6.18 Å². The number of ether oxygens (including phenoxy) is 1. The predicted octanol–water partition coefficient (Wildman–Crippen LogP) is 4.10. The summed E-state index contributed by atoms with van der Waals surface area (Å²) in [5.41, 5.74) is 1.06. The Balaban J connectivity index is 1.99. The summed E-state index contributed by atoms with van der Waals surface area (Å²) in [6, 6.07) is 11.7. The molecule has 2 N–H and O–H groups in total. The zero-order valence-electron chi connectivity index (χ0n) is 16.3. The second-order valence-corrected chi connectivity index (χ2v) is 8.31. The van der Waals surface area contributed by atoms with Gasteiger partial charge in [0.25, 0.3) is 5.91 Å². The lowest BCUT2D eigenvalue weighted by Gasteiger charge is -2.10. The molecule has 0 bridgehead atoms. The maximum atomic E-state index is 12.4. The van der Waals surface area contributed by atoms with E-state index in [-0.39, 0.29) is 17.1 Å². The molecule has 0 saturated heterocycles. The molecule has 0 fully saturated rings. The molecular formula is C20H23F3N2O4S. The number of unbranched alkanes of at least 4 members (excludes halogenated alkanes) is 1. The van der Waals surface area contributed by atoms with Gasteiger partial charge in [-0.2, -0.15) is 13.2 Å². The van der Waals surface area contributed by atoms with E-state index in [0.29, 0.717) is 24.2 Å². The van der Waals surface area contributed by atoms with Crippen LogP contribution in [0.2, 0.25) is 0 Å². The topological polar surface area (TPSA) is 84.5 Å². The van der Waals surface area contributed by atoms with Gasteiger partial charge in [-0.1, -0.05) is 31.5 Å². The van der Waals surface area contributed by atoms with E-state index >= 15 is 0 Å². The SMILES string of the molecule is CCCCNS(=O)(=O)c1cccc(NC(=O)c2ccc(COCC(F)(F)F)cc2)c1. The van der Waals surface area contributed by atoms with E-state index in [1.807, 2.05) is 6.92 Å². The van der Waals surface area contributed by atoms with E-state index in [1.54, 1.807) is 6.07 Å². The van der Waals surface area contributed by atoms with Crippen LogP contribution in [0.4, 0.5) is 18.9 Å². The highest BCUT2D eigenvalue weighted by Gasteiger charge is 2.27. The number of alkyl halides is 3. The summed E-state index contributed by atoms with van der Waals surface area (Å²) in [6.07, 6.45) is -2.83. The highest BCUT2D eigenvalue weighted by atomic mass is 32.2. The van der Waals surface area contributed by atoms with E-state index in [1.165, 1.54) is 42.5 Å². The standard InChI is InChI=1S/C20H23F3N2O4S/c1-2-3-11-24-30(27,28)18-6-4-5-17(12-18)25-19(26)16-9-7-15(8-10-16)13-29-14-20(21,22)23/h4-10,12,24H,2-3,11,13-14H2,1H3,(H,25,26). The molecule has 0 heterocycles. The number of rotatable bonds is 10. The number of amides is 1. The molecule has 30 heavy (non-hydrogen) atoms. The van der Waals surface area contributed by atoms with Gasteiger partial charge in [0, 0.05) is 17.8 Å². The fraction of sp³-hybridized carbons (Fsp3) is 0.350. The third-order valence-corrected chi connectivity index (χ3v) is 5.43. The normalized spacial score (nSPS) is 12.0. The quantitative estimate of drug-likeness (QED) is 0.541. The lowest BCUT2D eigenvalue weighted by Crippen LogP contribution is -2.24. The van der Waals surface area contributed by atoms with Crippen molar-refractivity contribution in [3.05, 3.63) is 59.7 Å². The van der Waals surface area contributed by atoms with Gasteiger partial charge in [-0.25, -0.2) is 13.1 Å². The predicted molar refractivity (Wildman–Crippen MR) is 107 cm³/mol. The lowest BCUT2D eigenvalue weighted by molar-refractivity contribution is -0.176. The van der Waals surface area contributed by atoms with Crippen molar-refractivity contribution in [1.82, 2.24) is 4.72 Å². The molecule has 0 aliphatic rings.